The number of allylic oxidation sites excluding steroid dienone is 2. The van der Waals surface area contributed by atoms with Gasteiger partial charge < -0.3 is 20.1 Å². The normalized spacial score (nSPS) is 15.5. The van der Waals surface area contributed by atoms with Gasteiger partial charge in [-0.25, -0.2) is 0 Å². The van der Waals surface area contributed by atoms with Crippen molar-refractivity contribution in [2.45, 2.75) is 0 Å². The van der Waals surface area contributed by atoms with E-state index in [1.807, 2.05) is 0 Å². The van der Waals surface area contributed by atoms with E-state index < -0.39 is 0 Å². The first-order valence-corrected chi connectivity index (χ1v) is 13.2. The van der Waals surface area contributed by atoms with E-state index in [1.165, 1.54) is 50.2 Å². The minimum atomic E-state index is 0.813. The Morgan fingerprint density at radius 3 is 2.26 bits per heavy atom. The maximum atomic E-state index is 3.58. The number of nitrogens with one attached hydrogen (secondary N) is 2. The fourth-order valence-electron chi connectivity index (χ4n) is 6.17. The van der Waals surface area contributed by atoms with Crippen molar-refractivity contribution in [2.24, 2.45) is 0 Å². The molecule has 2 N–H and O–H groups in total. The van der Waals surface area contributed by atoms with E-state index >= 15 is 0 Å². The predicted octanol–water partition coefficient (Wildman–Crippen LogP) is 7.57. The van der Waals surface area contributed by atoms with Gasteiger partial charge in [0, 0.05) is 47.1 Å². The van der Waals surface area contributed by atoms with E-state index in [4.69, 9.17) is 0 Å². The van der Waals surface area contributed by atoms with Crippen molar-refractivity contribution in [3.05, 3.63) is 133 Å². The van der Waals surface area contributed by atoms with E-state index in [0.29, 0.717) is 0 Å². The smallest absolute Gasteiger partial charge is 0.0820 e. The maximum absolute atomic E-state index is 3.58. The molecule has 1 aromatic heterocycles. The summed E-state index contributed by atoms with van der Waals surface area (Å²) in [5, 5.41) is 8.34. The van der Waals surface area contributed by atoms with Crippen LogP contribution >= 0.6 is 0 Å². The Balaban J connectivity index is 1.42. The quantitative estimate of drug-likeness (QED) is 0.262. The van der Waals surface area contributed by atoms with E-state index in [9.17, 15) is 0 Å². The number of benzene rings is 4. The fraction of sp³-hybridized carbons (Fsp3) is 0.0588. The number of hydrogen-bond acceptors (Lipinski definition) is 3. The van der Waals surface area contributed by atoms with Gasteiger partial charge in [0.15, 0.2) is 0 Å². The molecule has 0 amide bonds. The predicted molar refractivity (Wildman–Crippen MR) is 157 cm³/mol. The third kappa shape index (κ3) is 3.04. The molecule has 4 heterocycles. The Bertz CT molecular complexity index is 1820. The molecule has 4 aromatic carbocycles. The van der Waals surface area contributed by atoms with Crippen LogP contribution in [0.1, 0.15) is 0 Å². The van der Waals surface area contributed by atoms with Crippen LogP contribution in [0.4, 0.5) is 17.1 Å². The van der Waals surface area contributed by atoms with E-state index in [1.54, 1.807) is 0 Å². The zero-order chi connectivity index (χ0) is 25.1. The van der Waals surface area contributed by atoms with Gasteiger partial charge in [-0.1, -0.05) is 66.7 Å². The van der Waals surface area contributed by atoms with Gasteiger partial charge in [-0.15, -0.1) is 0 Å². The summed E-state index contributed by atoms with van der Waals surface area (Å²) in [6, 6.07) is 35.1. The molecule has 0 saturated heterocycles. The number of dihydropyridines is 2. The molecule has 4 heteroatoms. The second kappa shape index (κ2) is 8.29. The summed E-state index contributed by atoms with van der Waals surface area (Å²) in [6.07, 6.45) is 8.84. The lowest BCUT2D eigenvalue weighted by atomic mass is 9.92. The molecule has 5 aromatic rings. The molecule has 38 heavy (non-hydrogen) atoms. The first-order valence-electron chi connectivity index (χ1n) is 13.2. The highest BCUT2D eigenvalue weighted by Crippen LogP contribution is 2.52. The molecule has 0 fully saturated rings. The summed E-state index contributed by atoms with van der Waals surface area (Å²) in [7, 11) is 0. The SMILES string of the molecule is C1=CC2=C(NC1)C(n1ccc3c4c(ccc31)-c1ccccc1N(c1ccccc1)c1ccccc1-4)=CCN2. The van der Waals surface area contributed by atoms with Gasteiger partial charge in [0.05, 0.1) is 34.0 Å². The van der Waals surface area contributed by atoms with Crippen LogP contribution in [0, 0.1) is 0 Å². The van der Waals surface area contributed by atoms with E-state index in [0.717, 1.165) is 30.2 Å². The lowest BCUT2D eigenvalue weighted by Crippen LogP contribution is -2.30. The van der Waals surface area contributed by atoms with Crippen molar-refractivity contribution in [3.8, 4) is 22.3 Å². The van der Waals surface area contributed by atoms with Gasteiger partial charge in [0.2, 0.25) is 0 Å². The molecule has 3 aliphatic heterocycles. The van der Waals surface area contributed by atoms with E-state index in [2.05, 4.69) is 142 Å². The number of para-hydroxylation sites is 3. The largest absolute Gasteiger partial charge is 0.380 e. The lowest BCUT2D eigenvalue weighted by Gasteiger charge is -2.27. The van der Waals surface area contributed by atoms with Gasteiger partial charge in [0.1, 0.15) is 0 Å². The molecular formula is C34H26N4. The average Bonchev–Trinajstić information content (AvgIpc) is 3.37. The van der Waals surface area contributed by atoms with Crippen molar-refractivity contribution in [2.75, 3.05) is 18.0 Å². The van der Waals surface area contributed by atoms with Crippen LogP contribution in [0.25, 0.3) is 38.9 Å². The number of fused-ring (bicyclic) bond motifs is 7. The molecule has 0 radical (unpaired) electrons. The number of rotatable bonds is 2. The van der Waals surface area contributed by atoms with Crippen molar-refractivity contribution in [1.29, 1.82) is 0 Å². The minimum Gasteiger partial charge on any atom is -0.380 e. The topological polar surface area (TPSA) is 32.2 Å². The van der Waals surface area contributed by atoms with Crippen molar-refractivity contribution in [3.63, 3.8) is 0 Å². The summed E-state index contributed by atoms with van der Waals surface area (Å²) in [4.78, 5) is 2.40. The number of nitrogens with zero attached hydrogens (tertiary/aromatic N) is 2. The molecular weight excluding hydrogens is 464 g/mol. The molecule has 182 valence electrons. The summed E-state index contributed by atoms with van der Waals surface area (Å²) < 4.78 is 2.34. The highest BCUT2D eigenvalue weighted by molar-refractivity contribution is 6.11. The minimum absolute atomic E-state index is 0.813. The van der Waals surface area contributed by atoms with Crippen LogP contribution in [0.5, 0.6) is 0 Å². The third-order valence-corrected chi connectivity index (χ3v) is 7.79. The van der Waals surface area contributed by atoms with Crippen LogP contribution in [0.3, 0.4) is 0 Å². The highest BCUT2D eigenvalue weighted by Gasteiger charge is 2.28. The average molecular weight is 491 g/mol. The zero-order valence-electron chi connectivity index (χ0n) is 20.9. The summed E-state index contributed by atoms with van der Waals surface area (Å²) in [6.45, 7) is 1.65. The molecule has 0 bridgehead atoms. The third-order valence-electron chi connectivity index (χ3n) is 7.79. The Labute approximate surface area is 221 Å². The van der Waals surface area contributed by atoms with E-state index in [-0.39, 0.29) is 0 Å². The van der Waals surface area contributed by atoms with Crippen molar-refractivity contribution < 1.29 is 0 Å². The van der Waals surface area contributed by atoms with Crippen LogP contribution in [-0.4, -0.2) is 17.7 Å². The van der Waals surface area contributed by atoms with Gasteiger partial charge in [-0.3, -0.25) is 0 Å². The summed E-state index contributed by atoms with van der Waals surface area (Å²) >= 11 is 0. The fourth-order valence-corrected chi connectivity index (χ4v) is 6.17. The first kappa shape index (κ1) is 21.2. The molecule has 0 unspecified atom stereocenters. The van der Waals surface area contributed by atoms with Crippen LogP contribution in [-0.2, 0) is 0 Å². The Morgan fingerprint density at radius 1 is 0.632 bits per heavy atom. The summed E-state index contributed by atoms with van der Waals surface area (Å²) in [5.74, 6) is 0. The Hall–Kier alpha value is -4.96. The maximum Gasteiger partial charge on any atom is 0.0820 e. The monoisotopic (exact) mass is 490 g/mol. The van der Waals surface area contributed by atoms with Crippen molar-refractivity contribution in [1.82, 2.24) is 15.2 Å². The van der Waals surface area contributed by atoms with Crippen LogP contribution in [0.2, 0.25) is 0 Å². The zero-order valence-corrected chi connectivity index (χ0v) is 20.9. The molecule has 0 spiro atoms. The van der Waals surface area contributed by atoms with Gasteiger partial charge in [0.25, 0.3) is 0 Å². The number of hydrogen-bond donors (Lipinski definition) is 2. The number of aromatic nitrogens is 1. The van der Waals surface area contributed by atoms with Crippen LogP contribution in [0.15, 0.2) is 133 Å². The van der Waals surface area contributed by atoms with Crippen LogP contribution < -0.4 is 15.5 Å². The summed E-state index contributed by atoms with van der Waals surface area (Å²) in [5.41, 5.74) is 13.3. The van der Waals surface area contributed by atoms with Gasteiger partial charge in [-0.05, 0) is 54.1 Å². The first-order chi connectivity index (χ1) is 18.9. The van der Waals surface area contributed by atoms with Gasteiger partial charge in [-0.2, -0.15) is 0 Å². The second-order valence-electron chi connectivity index (χ2n) is 9.85. The van der Waals surface area contributed by atoms with Crippen molar-refractivity contribution >= 4 is 33.7 Å². The molecule has 4 nitrogen and oxygen atoms in total. The second-order valence-corrected chi connectivity index (χ2v) is 9.85. The standard InChI is InChI=1S/C34H26N4/c1-2-9-23(10-3-1)38-30-14-6-4-11-24(30)25-16-17-29-27(33(25)26-12-5-7-15-31(26)38)19-22-37(29)32-18-21-35-28-13-8-20-36-34(28)32/h1-19,22,35-36H,20-21H2. The Kier molecular flexibility index (Phi) is 4.61. The number of anilines is 3. The molecule has 3 aliphatic rings. The molecule has 0 aliphatic carbocycles. The molecule has 8 rings (SSSR count). The molecule has 0 atom stereocenters. The highest BCUT2D eigenvalue weighted by atomic mass is 15.1. The lowest BCUT2D eigenvalue weighted by molar-refractivity contribution is 0.802. The Morgan fingerprint density at radius 2 is 1.39 bits per heavy atom. The van der Waals surface area contributed by atoms with Gasteiger partial charge >= 0.3 is 0 Å². The molecule has 0 saturated carbocycles.